The quantitative estimate of drug-likeness (QED) is 0.488. The van der Waals surface area contributed by atoms with E-state index in [1.54, 1.807) is 31.9 Å². The topological polar surface area (TPSA) is 105 Å². The number of rotatable bonds is 3. The highest BCUT2D eigenvalue weighted by Crippen LogP contribution is 2.33. The van der Waals surface area contributed by atoms with Gasteiger partial charge in [-0.25, -0.2) is 0 Å². The minimum atomic E-state index is -0.770. The molecule has 21 heavy (non-hydrogen) atoms. The van der Waals surface area contributed by atoms with Crippen LogP contribution in [0, 0.1) is 10.1 Å². The molecule has 8 heteroatoms. The van der Waals surface area contributed by atoms with Crippen LogP contribution in [0.15, 0.2) is 18.2 Å². The SMILES string of the molecule is CN1CCN(c2cc(NN)cc([N+](=O)[O-])c2)C(C)(C)C1=O. The number of hydrogen-bond donors (Lipinski definition) is 2. The van der Waals surface area contributed by atoms with E-state index in [2.05, 4.69) is 5.43 Å². The minimum absolute atomic E-state index is 0.0255. The Labute approximate surface area is 122 Å². The summed E-state index contributed by atoms with van der Waals surface area (Å²) >= 11 is 0. The molecule has 0 aromatic heterocycles. The summed E-state index contributed by atoms with van der Waals surface area (Å²) in [5.41, 5.74) is 2.62. The highest BCUT2D eigenvalue weighted by molar-refractivity contribution is 5.90. The van der Waals surface area contributed by atoms with Gasteiger partial charge in [-0.1, -0.05) is 0 Å². The Balaban J connectivity index is 2.48. The Bertz CT molecular complexity index is 587. The van der Waals surface area contributed by atoms with Crippen LogP contribution in [0.3, 0.4) is 0 Å². The molecule has 0 unspecified atom stereocenters. The second-order valence-corrected chi connectivity index (χ2v) is 5.58. The number of likely N-dealkylation sites (N-methyl/N-ethyl adjacent to an activating group) is 1. The van der Waals surface area contributed by atoms with Crippen molar-refractivity contribution in [2.24, 2.45) is 5.84 Å². The molecule has 1 aromatic carbocycles. The number of piperazine rings is 1. The van der Waals surface area contributed by atoms with Crippen LogP contribution in [-0.2, 0) is 4.79 Å². The van der Waals surface area contributed by atoms with Crippen LogP contribution in [0.1, 0.15) is 13.8 Å². The number of hydrazine groups is 1. The Hall–Kier alpha value is -2.35. The Morgan fingerprint density at radius 1 is 1.33 bits per heavy atom. The number of nitrogens with two attached hydrogens (primary N) is 1. The minimum Gasteiger partial charge on any atom is -0.355 e. The summed E-state index contributed by atoms with van der Waals surface area (Å²) in [6.07, 6.45) is 0. The first-order valence-corrected chi connectivity index (χ1v) is 6.56. The van der Waals surface area contributed by atoms with Gasteiger partial charge in [0, 0.05) is 38.0 Å². The van der Waals surface area contributed by atoms with Gasteiger partial charge in [-0.15, -0.1) is 0 Å². The molecular weight excluding hydrogens is 274 g/mol. The summed E-state index contributed by atoms with van der Waals surface area (Å²) in [7, 11) is 1.75. The molecule has 0 radical (unpaired) electrons. The van der Waals surface area contributed by atoms with Crippen molar-refractivity contribution < 1.29 is 9.72 Å². The van der Waals surface area contributed by atoms with Crippen LogP contribution < -0.4 is 16.2 Å². The van der Waals surface area contributed by atoms with E-state index >= 15 is 0 Å². The first-order chi connectivity index (χ1) is 9.77. The molecule has 114 valence electrons. The third kappa shape index (κ3) is 2.62. The number of nitrogens with one attached hydrogen (secondary N) is 1. The highest BCUT2D eigenvalue weighted by atomic mass is 16.6. The number of nitro benzene ring substituents is 1. The summed E-state index contributed by atoms with van der Waals surface area (Å²) < 4.78 is 0. The summed E-state index contributed by atoms with van der Waals surface area (Å²) in [6.45, 7) is 4.77. The molecule has 1 heterocycles. The second kappa shape index (κ2) is 5.21. The second-order valence-electron chi connectivity index (χ2n) is 5.58. The van der Waals surface area contributed by atoms with Crippen molar-refractivity contribution in [3.8, 4) is 0 Å². The molecule has 3 N–H and O–H groups in total. The average Bonchev–Trinajstić information content (AvgIpc) is 2.44. The third-order valence-electron chi connectivity index (χ3n) is 3.80. The third-order valence-corrected chi connectivity index (χ3v) is 3.80. The van der Waals surface area contributed by atoms with Gasteiger partial charge in [-0.2, -0.15) is 0 Å². The molecule has 0 aliphatic carbocycles. The van der Waals surface area contributed by atoms with Crippen molar-refractivity contribution in [1.82, 2.24) is 4.90 Å². The number of benzene rings is 1. The fourth-order valence-corrected chi connectivity index (χ4v) is 2.61. The molecule has 0 atom stereocenters. The lowest BCUT2D eigenvalue weighted by Crippen LogP contribution is -2.62. The van der Waals surface area contributed by atoms with Gasteiger partial charge < -0.3 is 15.2 Å². The van der Waals surface area contributed by atoms with Gasteiger partial charge in [0.05, 0.1) is 10.6 Å². The van der Waals surface area contributed by atoms with E-state index in [4.69, 9.17) is 5.84 Å². The first kappa shape index (κ1) is 15.0. The Kier molecular flexibility index (Phi) is 3.73. The fourth-order valence-electron chi connectivity index (χ4n) is 2.61. The van der Waals surface area contributed by atoms with E-state index in [0.29, 0.717) is 24.5 Å². The summed E-state index contributed by atoms with van der Waals surface area (Å²) in [5, 5.41) is 11.0. The lowest BCUT2D eigenvalue weighted by atomic mass is 9.96. The number of anilines is 2. The van der Waals surface area contributed by atoms with Crippen molar-refractivity contribution in [2.75, 3.05) is 30.5 Å². The van der Waals surface area contributed by atoms with Crippen LogP contribution in [0.2, 0.25) is 0 Å². The molecule has 2 rings (SSSR count). The molecule has 1 amide bonds. The standard InChI is InChI=1S/C13H19N5O3/c1-13(2)12(19)16(3)4-5-17(13)10-6-9(15-14)7-11(8-10)18(20)21/h6-8,15H,4-5,14H2,1-3H3. The maximum atomic E-state index is 12.3. The number of nitrogen functional groups attached to an aromatic ring is 1. The summed E-state index contributed by atoms with van der Waals surface area (Å²) in [5.74, 6) is 5.34. The molecule has 1 fully saturated rings. The number of hydrogen-bond acceptors (Lipinski definition) is 6. The van der Waals surface area contributed by atoms with Crippen molar-refractivity contribution in [3.05, 3.63) is 28.3 Å². The predicted octanol–water partition coefficient (Wildman–Crippen LogP) is 0.937. The highest BCUT2D eigenvalue weighted by Gasteiger charge is 2.41. The number of amides is 1. The molecule has 0 bridgehead atoms. The number of nitro groups is 1. The van der Waals surface area contributed by atoms with Crippen molar-refractivity contribution in [1.29, 1.82) is 0 Å². The van der Waals surface area contributed by atoms with E-state index in [1.807, 2.05) is 4.90 Å². The molecule has 1 aliphatic heterocycles. The van der Waals surface area contributed by atoms with Gasteiger partial charge in [-0.3, -0.25) is 20.8 Å². The van der Waals surface area contributed by atoms with Crippen LogP contribution in [0.4, 0.5) is 17.1 Å². The number of nitrogens with zero attached hydrogens (tertiary/aromatic N) is 3. The van der Waals surface area contributed by atoms with Crippen LogP contribution in [0.25, 0.3) is 0 Å². The van der Waals surface area contributed by atoms with Crippen molar-refractivity contribution >= 4 is 23.0 Å². The van der Waals surface area contributed by atoms with Gasteiger partial charge in [0.15, 0.2) is 0 Å². The lowest BCUT2D eigenvalue weighted by Gasteiger charge is -2.46. The van der Waals surface area contributed by atoms with E-state index < -0.39 is 10.5 Å². The molecular formula is C13H19N5O3. The van der Waals surface area contributed by atoms with Gasteiger partial charge in [0.1, 0.15) is 5.54 Å². The predicted molar refractivity (Wildman–Crippen MR) is 80.0 cm³/mol. The Morgan fingerprint density at radius 3 is 2.57 bits per heavy atom. The van der Waals surface area contributed by atoms with Gasteiger partial charge >= 0.3 is 0 Å². The largest absolute Gasteiger partial charge is 0.355 e. The molecule has 1 aliphatic rings. The number of carbonyl (C=O) groups excluding carboxylic acids is 1. The maximum Gasteiger partial charge on any atom is 0.273 e. The molecule has 1 aromatic rings. The van der Waals surface area contributed by atoms with Gasteiger partial charge in [0.2, 0.25) is 5.91 Å². The fraction of sp³-hybridized carbons (Fsp3) is 0.462. The van der Waals surface area contributed by atoms with Crippen molar-refractivity contribution in [3.63, 3.8) is 0 Å². The first-order valence-electron chi connectivity index (χ1n) is 6.56. The van der Waals surface area contributed by atoms with E-state index in [1.165, 1.54) is 12.1 Å². The van der Waals surface area contributed by atoms with Crippen LogP contribution in [0.5, 0.6) is 0 Å². The zero-order chi connectivity index (χ0) is 15.8. The smallest absolute Gasteiger partial charge is 0.273 e. The number of non-ortho nitro benzene ring substituents is 1. The van der Waals surface area contributed by atoms with Gasteiger partial charge in [-0.05, 0) is 19.9 Å². The monoisotopic (exact) mass is 293 g/mol. The van der Waals surface area contributed by atoms with E-state index in [9.17, 15) is 14.9 Å². The van der Waals surface area contributed by atoms with Gasteiger partial charge in [0.25, 0.3) is 5.69 Å². The molecule has 8 nitrogen and oxygen atoms in total. The summed E-state index contributed by atoms with van der Waals surface area (Å²) in [4.78, 5) is 26.4. The zero-order valence-corrected chi connectivity index (χ0v) is 12.3. The normalized spacial score (nSPS) is 17.8. The molecule has 0 saturated carbocycles. The lowest BCUT2D eigenvalue weighted by molar-refractivity contribution is -0.384. The zero-order valence-electron chi connectivity index (χ0n) is 12.3. The molecule has 0 spiro atoms. The van der Waals surface area contributed by atoms with Crippen molar-refractivity contribution in [2.45, 2.75) is 19.4 Å². The van der Waals surface area contributed by atoms with Crippen LogP contribution in [-0.4, -0.2) is 41.4 Å². The average molecular weight is 293 g/mol. The number of carbonyl (C=O) groups is 1. The van der Waals surface area contributed by atoms with E-state index in [-0.39, 0.29) is 11.6 Å². The summed E-state index contributed by atoms with van der Waals surface area (Å²) in [6, 6.07) is 4.52. The van der Waals surface area contributed by atoms with Crippen LogP contribution >= 0.6 is 0 Å². The maximum absolute atomic E-state index is 12.3. The molecule has 1 saturated heterocycles. The van der Waals surface area contributed by atoms with E-state index in [0.717, 1.165) is 0 Å². The Morgan fingerprint density at radius 2 is 2.00 bits per heavy atom.